The van der Waals surface area contributed by atoms with E-state index < -0.39 is 11.8 Å². The van der Waals surface area contributed by atoms with E-state index in [1.54, 1.807) is 24.3 Å². The van der Waals surface area contributed by atoms with Crippen molar-refractivity contribution in [3.05, 3.63) is 83.9 Å². The smallest absolute Gasteiger partial charge is 0.313 e. The number of anilines is 3. The molecule has 0 bridgehead atoms. The number of fused-ring (bicyclic) bond motifs is 1. The molecular formula is C28H32N4O3. The number of rotatable bonds is 8. The summed E-state index contributed by atoms with van der Waals surface area (Å²) in [7, 11) is 4.01. The SMILES string of the molecule is CCOc1ccc(NC(=O)C(=O)NCC(c2ccc(N(C)C)cc2)N2CCc3ccccc32)cc1. The third-order valence-corrected chi connectivity index (χ3v) is 6.18. The lowest BCUT2D eigenvalue weighted by atomic mass is 10.0. The second kappa shape index (κ2) is 11.0. The minimum absolute atomic E-state index is 0.0999. The molecule has 1 aliphatic heterocycles. The maximum atomic E-state index is 12.7. The number of hydrogen-bond donors (Lipinski definition) is 2. The van der Waals surface area contributed by atoms with Gasteiger partial charge in [0.2, 0.25) is 0 Å². The Balaban J connectivity index is 1.47. The molecular weight excluding hydrogens is 440 g/mol. The average Bonchev–Trinajstić information content (AvgIpc) is 3.29. The highest BCUT2D eigenvalue weighted by Gasteiger charge is 2.28. The number of benzene rings is 3. The van der Waals surface area contributed by atoms with Crippen molar-refractivity contribution < 1.29 is 14.3 Å². The summed E-state index contributed by atoms with van der Waals surface area (Å²) in [6.45, 7) is 3.64. The minimum atomic E-state index is -0.697. The van der Waals surface area contributed by atoms with E-state index in [1.165, 1.54) is 11.3 Å². The monoisotopic (exact) mass is 472 g/mol. The van der Waals surface area contributed by atoms with E-state index in [-0.39, 0.29) is 6.04 Å². The second-order valence-corrected chi connectivity index (χ2v) is 8.70. The van der Waals surface area contributed by atoms with Gasteiger partial charge < -0.3 is 25.2 Å². The lowest BCUT2D eigenvalue weighted by molar-refractivity contribution is -0.136. The highest BCUT2D eigenvalue weighted by atomic mass is 16.5. The van der Waals surface area contributed by atoms with Gasteiger partial charge in [0.05, 0.1) is 12.6 Å². The summed E-state index contributed by atoms with van der Waals surface area (Å²) < 4.78 is 5.42. The minimum Gasteiger partial charge on any atom is -0.494 e. The number of para-hydroxylation sites is 1. The van der Waals surface area contributed by atoms with Crippen molar-refractivity contribution in [2.45, 2.75) is 19.4 Å². The number of carbonyl (C=O) groups excluding carboxylic acids is 2. The van der Waals surface area contributed by atoms with Gasteiger partial charge in [-0.1, -0.05) is 30.3 Å². The predicted octanol–water partition coefficient (Wildman–Crippen LogP) is 4.01. The number of nitrogens with one attached hydrogen (secondary N) is 2. The Morgan fingerprint density at radius 1 is 0.971 bits per heavy atom. The van der Waals surface area contributed by atoms with Crippen molar-refractivity contribution in [1.29, 1.82) is 0 Å². The van der Waals surface area contributed by atoms with Gasteiger partial charge in [0.15, 0.2) is 0 Å². The Kier molecular flexibility index (Phi) is 7.55. The molecule has 35 heavy (non-hydrogen) atoms. The molecule has 0 radical (unpaired) electrons. The van der Waals surface area contributed by atoms with Gasteiger partial charge >= 0.3 is 11.8 Å². The Morgan fingerprint density at radius 2 is 1.69 bits per heavy atom. The van der Waals surface area contributed by atoms with Gasteiger partial charge in [-0.3, -0.25) is 9.59 Å². The van der Waals surface area contributed by atoms with Crippen LogP contribution in [0.15, 0.2) is 72.8 Å². The predicted molar refractivity (Wildman–Crippen MR) is 140 cm³/mol. The number of amides is 2. The molecule has 1 heterocycles. The van der Waals surface area contributed by atoms with Crippen LogP contribution < -0.4 is 25.2 Å². The fourth-order valence-electron chi connectivity index (χ4n) is 4.35. The highest BCUT2D eigenvalue weighted by molar-refractivity contribution is 6.39. The fourth-order valence-corrected chi connectivity index (χ4v) is 4.35. The van der Waals surface area contributed by atoms with Gasteiger partial charge in [-0.25, -0.2) is 0 Å². The summed E-state index contributed by atoms with van der Waals surface area (Å²) in [6, 6.07) is 23.5. The highest BCUT2D eigenvalue weighted by Crippen LogP contribution is 2.35. The summed E-state index contributed by atoms with van der Waals surface area (Å²) in [6.07, 6.45) is 0.953. The van der Waals surface area contributed by atoms with Crippen LogP contribution >= 0.6 is 0 Å². The quantitative estimate of drug-likeness (QED) is 0.485. The van der Waals surface area contributed by atoms with Crippen molar-refractivity contribution in [1.82, 2.24) is 5.32 Å². The van der Waals surface area contributed by atoms with Gasteiger partial charge in [0, 0.05) is 44.2 Å². The fraction of sp³-hybridized carbons (Fsp3) is 0.286. The first-order valence-corrected chi connectivity index (χ1v) is 11.9. The van der Waals surface area contributed by atoms with Crippen LogP contribution in [0.1, 0.15) is 24.1 Å². The molecule has 0 saturated carbocycles. The zero-order valence-electron chi connectivity index (χ0n) is 20.5. The first kappa shape index (κ1) is 24.1. The van der Waals surface area contributed by atoms with Crippen LogP contribution in [0.2, 0.25) is 0 Å². The summed E-state index contributed by atoms with van der Waals surface area (Å²) in [5.74, 6) is -0.650. The van der Waals surface area contributed by atoms with Crippen LogP contribution in [0.4, 0.5) is 17.1 Å². The van der Waals surface area contributed by atoms with E-state index in [0.29, 0.717) is 24.6 Å². The molecule has 1 aliphatic rings. The van der Waals surface area contributed by atoms with Crippen LogP contribution in [0, 0.1) is 0 Å². The maximum Gasteiger partial charge on any atom is 0.313 e. The van der Waals surface area contributed by atoms with E-state index in [9.17, 15) is 9.59 Å². The van der Waals surface area contributed by atoms with Crippen LogP contribution in [0.3, 0.4) is 0 Å². The topological polar surface area (TPSA) is 73.9 Å². The van der Waals surface area contributed by atoms with Crippen LogP contribution in [0.25, 0.3) is 0 Å². The number of hydrogen-bond acceptors (Lipinski definition) is 5. The molecule has 0 fully saturated rings. The molecule has 1 unspecified atom stereocenters. The number of ether oxygens (including phenoxy) is 1. The molecule has 4 rings (SSSR count). The standard InChI is InChI=1S/C28H32N4O3/c1-4-35-24-15-11-22(12-16-24)30-28(34)27(33)29-19-26(21-9-13-23(14-10-21)31(2)3)32-18-17-20-7-5-6-8-25(20)32/h5-16,26H,4,17-19H2,1-3H3,(H,29,33)(H,30,34). The summed E-state index contributed by atoms with van der Waals surface area (Å²) in [5, 5.41) is 5.50. The zero-order valence-corrected chi connectivity index (χ0v) is 20.5. The first-order valence-electron chi connectivity index (χ1n) is 11.9. The molecule has 3 aromatic rings. The molecule has 2 amide bonds. The van der Waals surface area contributed by atoms with E-state index >= 15 is 0 Å². The maximum absolute atomic E-state index is 12.7. The van der Waals surface area contributed by atoms with Gasteiger partial charge in [0.1, 0.15) is 5.75 Å². The number of carbonyl (C=O) groups is 2. The molecule has 0 aliphatic carbocycles. The van der Waals surface area contributed by atoms with Crippen molar-refractivity contribution in [3.8, 4) is 5.75 Å². The zero-order chi connectivity index (χ0) is 24.8. The molecule has 0 saturated heterocycles. The van der Waals surface area contributed by atoms with Crippen LogP contribution in [-0.2, 0) is 16.0 Å². The molecule has 0 aromatic heterocycles. The van der Waals surface area contributed by atoms with Crippen molar-refractivity contribution in [2.24, 2.45) is 0 Å². The van der Waals surface area contributed by atoms with E-state index in [4.69, 9.17) is 4.74 Å². The van der Waals surface area contributed by atoms with Crippen molar-refractivity contribution in [2.75, 3.05) is 48.9 Å². The Bertz CT molecular complexity index is 1160. The van der Waals surface area contributed by atoms with Crippen LogP contribution in [-0.4, -0.2) is 45.6 Å². The van der Waals surface area contributed by atoms with E-state index in [0.717, 1.165) is 24.2 Å². The molecule has 2 N–H and O–H groups in total. The van der Waals surface area contributed by atoms with Crippen LogP contribution in [0.5, 0.6) is 5.75 Å². The average molecular weight is 473 g/mol. The first-order chi connectivity index (χ1) is 17.0. The number of nitrogens with zero attached hydrogens (tertiary/aromatic N) is 2. The second-order valence-electron chi connectivity index (χ2n) is 8.70. The lowest BCUT2D eigenvalue weighted by Crippen LogP contribution is -2.41. The Hall–Kier alpha value is -4.00. The van der Waals surface area contributed by atoms with Crippen molar-refractivity contribution in [3.63, 3.8) is 0 Å². The molecule has 0 spiro atoms. The Labute approximate surface area is 206 Å². The Morgan fingerprint density at radius 3 is 2.37 bits per heavy atom. The third-order valence-electron chi connectivity index (χ3n) is 6.18. The third kappa shape index (κ3) is 5.74. The normalized spacial score (nSPS) is 13.1. The van der Waals surface area contributed by atoms with Gasteiger partial charge in [-0.05, 0) is 66.9 Å². The van der Waals surface area contributed by atoms with Gasteiger partial charge in [0.25, 0.3) is 0 Å². The summed E-state index contributed by atoms with van der Waals surface area (Å²) in [4.78, 5) is 29.6. The molecule has 182 valence electrons. The lowest BCUT2D eigenvalue weighted by Gasteiger charge is -2.31. The van der Waals surface area contributed by atoms with Crippen molar-refractivity contribution >= 4 is 28.9 Å². The molecule has 3 aromatic carbocycles. The van der Waals surface area contributed by atoms with E-state index in [2.05, 4.69) is 62.9 Å². The summed E-state index contributed by atoms with van der Waals surface area (Å²) in [5.41, 5.74) is 5.19. The molecule has 7 nitrogen and oxygen atoms in total. The largest absolute Gasteiger partial charge is 0.494 e. The van der Waals surface area contributed by atoms with Gasteiger partial charge in [-0.15, -0.1) is 0 Å². The van der Waals surface area contributed by atoms with E-state index in [1.807, 2.05) is 27.1 Å². The molecule has 7 heteroatoms. The van der Waals surface area contributed by atoms with Gasteiger partial charge in [-0.2, -0.15) is 0 Å². The molecule has 1 atom stereocenters. The summed E-state index contributed by atoms with van der Waals surface area (Å²) >= 11 is 0.